The summed E-state index contributed by atoms with van der Waals surface area (Å²) in [6.45, 7) is 3.01. The van der Waals surface area contributed by atoms with E-state index < -0.39 is 6.36 Å². The van der Waals surface area contributed by atoms with Gasteiger partial charge >= 0.3 is 6.36 Å². The van der Waals surface area contributed by atoms with Crippen molar-refractivity contribution in [1.82, 2.24) is 4.90 Å². The molecule has 1 aliphatic rings. The molecule has 0 spiro atoms. The highest BCUT2D eigenvalue weighted by atomic mass is 19.4. The Morgan fingerprint density at radius 1 is 0.789 bits per heavy atom. The first-order valence-electron chi connectivity index (χ1n) is 12.6. The molecular formula is C32H28F3NO2. The van der Waals surface area contributed by atoms with Crippen LogP contribution < -0.4 is 4.74 Å². The second-order valence-electron chi connectivity index (χ2n) is 9.22. The number of halogens is 3. The van der Waals surface area contributed by atoms with E-state index in [1.807, 2.05) is 42.5 Å². The molecule has 0 amide bonds. The smallest absolute Gasteiger partial charge is 0.495 e. The molecular weight excluding hydrogens is 487 g/mol. The lowest BCUT2D eigenvalue weighted by Crippen LogP contribution is -2.35. The number of rotatable bonds is 7. The quantitative estimate of drug-likeness (QED) is 0.251. The average molecular weight is 516 g/mol. The van der Waals surface area contributed by atoms with Crippen LogP contribution in [0.4, 0.5) is 13.2 Å². The summed E-state index contributed by atoms with van der Waals surface area (Å²) in [6.07, 6.45) is -4.10. The van der Waals surface area contributed by atoms with Crippen LogP contribution in [-0.2, 0) is 17.7 Å². The molecule has 0 bridgehead atoms. The van der Waals surface area contributed by atoms with Gasteiger partial charge < -0.3 is 9.47 Å². The Balaban J connectivity index is 1.46. The average Bonchev–Trinajstić information content (AvgIpc) is 2.93. The van der Waals surface area contributed by atoms with Crippen LogP contribution in [0.1, 0.15) is 16.7 Å². The van der Waals surface area contributed by atoms with Crippen LogP contribution in [0.2, 0.25) is 0 Å². The minimum Gasteiger partial charge on any atom is -0.495 e. The van der Waals surface area contributed by atoms with E-state index in [4.69, 9.17) is 4.74 Å². The molecule has 1 aliphatic heterocycles. The molecule has 1 saturated heterocycles. The normalized spacial score (nSPS) is 15.6. The Labute approximate surface area is 220 Å². The summed E-state index contributed by atoms with van der Waals surface area (Å²) in [7, 11) is 0. The summed E-state index contributed by atoms with van der Waals surface area (Å²) in [4.78, 5) is 2.39. The molecule has 5 rings (SSSR count). The predicted molar refractivity (Wildman–Crippen MR) is 143 cm³/mol. The van der Waals surface area contributed by atoms with Gasteiger partial charge in [-0.1, -0.05) is 97.1 Å². The van der Waals surface area contributed by atoms with E-state index in [1.54, 1.807) is 12.1 Å². The molecule has 0 atom stereocenters. The third-order valence-corrected chi connectivity index (χ3v) is 6.54. The van der Waals surface area contributed by atoms with E-state index in [1.165, 1.54) is 17.7 Å². The highest BCUT2D eigenvalue weighted by Crippen LogP contribution is 2.33. The van der Waals surface area contributed by atoms with E-state index in [2.05, 4.69) is 52.1 Å². The van der Waals surface area contributed by atoms with Crippen molar-refractivity contribution in [3.63, 3.8) is 0 Å². The molecule has 38 heavy (non-hydrogen) atoms. The van der Waals surface area contributed by atoms with Gasteiger partial charge in [0.2, 0.25) is 0 Å². The van der Waals surface area contributed by atoms with Gasteiger partial charge in [0.15, 0.2) is 0 Å². The van der Waals surface area contributed by atoms with E-state index in [0.29, 0.717) is 19.6 Å². The van der Waals surface area contributed by atoms with Crippen molar-refractivity contribution in [3.8, 4) is 16.9 Å². The summed E-state index contributed by atoms with van der Waals surface area (Å²) in [5, 5.41) is 0. The molecule has 1 heterocycles. The molecule has 4 aromatic rings. The van der Waals surface area contributed by atoms with Crippen molar-refractivity contribution in [3.05, 3.63) is 132 Å². The maximum absolute atomic E-state index is 12.6. The lowest BCUT2D eigenvalue weighted by Gasteiger charge is -2.31. The fraction of sp³-hybridized carbons (Fsp3) is 0.188. The van der Waals surface area contributed by atoms with Crippen molar-refractivity contribution < 1.29 is 22.6 Å². The number of morpholine rings is 1. The highest BCUT2D eigenvalue weighted by molar-refractivity contribution is 5.75. The van der Waals surface area contributed by atoms with Crippen molar-refractivity contribution in [1.29, 1.82) is 0 Å². The minimum absolute atomic E-state index is 0.236. The van der Waals surface area contributed by atoms with Crippen LogP contribution in [0.15, 0.2) is 115 Å². The van der Waals surface area contributed by atoms with Gasteiger partial charge in [0.25, 0.3) is 0 Å². The van der Waals surface area contributed by atoms with E-state index in [9.17, 15) is 13.2 Å². The molecule has 0 aromatic heterocycles. The van der Waals surface area contributed by atoms with Gasteiger partial charge in [0.1, 0.15) is 18.1 Å². The number of nitrogens with zero attached hydrogens (tertiary/aromatic N) is 1. The molecule has 0 saturated carbocycles. The third-order valence-electron chi connectivity index (χ3n) is 6.54. The van der Waals surface area contributed by atoms with Crippen LogP contribution in [0.25, 0.3) is 16.7 Å². The van der Waals surface area contributed by atoms with Crippen molar-refractivity contribution in [2.24, 2.45) is 0 Å². The number of hydrogen-bond donors (Lipinski definition) is 0. The molecule has 4 aromatic carbocycles. The summed E-state index contributed by atoms with van der Waals surface area (Å²) < 4.78 is 48.2. The standard InChI is InChI=1S/C32H28F3NO2/c33-32(34,35)38-28-17-15-26(16-18-28)29-14-8-7-13-27(29)21-30(25-11-5-2-6-12-25)31-23-36(19-20-37-31)22-24-9-3-1-4-10-24/h1-18H,19-23H2/b31-30-. The van der Waals surface area contributed by atoms with Crippen molar-refractivity contribution >= 4 is 5.57 Å². The van der Waals surface area contributed by atoms with Gasteiger partial charge in [-0.25, -0.2) is 0 Å². The molecule has 0 radical (unpaired) electrons. The molecule has 6 heteroatoms. The topological polar surface area (TPSA) is 21.7 Å². The molecule has 1 fully saturated rings. The predicted octanol–water partition coefficient (Wildman–Crippen LogP) is 7.74. The first kappa shape index (κ1) is 25.6. The fourth-order valence-electron chi connectivity index (χ4n) is 4.77. The van der Waals surface area contributed by atoms with Crippen molar-refractivity contribution in [2.45, 2.75) is 19.3 Å². The van der Waals surface area contributed by atoms with Gasteiger partial charge in [-0.3, -0.25) is 4.90 Å². The van der Waals surface area contributed by atoms with Gasteiger partial charge in [0.05, 0.1) is 6.54 Å². The maximum atomic E-state index is 12.6. The Hall–Kier alpha value is -4.03. The monoisotopic (exact) mass is 515 g/mol. The van der Waals surface area contributed by atoms with Gasteiger partial charge in [0, 0.05) is 25.1 Å². The fourth-order valence-corrected chi connectivity index (χ4v) is 4.77. The molecule has 3 nitrogen and oxygen atoms in total. The van der Waals surface area contributed by atoms with Crippen LogP contribution in [0, 0.1) is 0 Å². The van der Waals surface area contributed by atoms with Crippen molar-refractivity contribution in [2.75, 3.05) is 19.7 Å². The Morgan fingerprint density at radius 2 is 1.45 bits per heavy atom. The summed E-state index contributed by atoms with van der Waals surface area (Å²) in [6, 6.07) is 34.6. The Morgan fingerprint density at radius 3 is 2.16 bits per heavy atom. The van der Waals surface area contributed by atoms with E-state index >= 15 is 0 Å². The van der Waals surface area contributed by atoms with Crippen LogP contribution >= 0.6 is 0 Å². The maximum Gasteiger partial charge on any atom is 0.573 e. The SMILES string of the molecule is FC(F)(F)Oc1ccc(-c2ccccc2C/C(=C2\CN(Cc3ccccc3)CCO2)c2ccccc2)cc1. The molecule has 0 N–H and O–H groups in total. The molecule has 0 unspecified atom stereocenters. The zero-order chi connectivity index (χ0) is 26.4. The van der Waals surface area contributed by atoms with E-state index in [0.717, 1.165) is 46.7 Å². The number of alkyl halides is 3. The minimum atomic E-state index is -4.72. The Kier molecular flexibility index (Phi) is 7.80. The van der Waals surface area contributed by atoms with Gasteiger partial charge in [-0.05, 0) is 39.9 Å². The number of allylic oxidation sites excluding steroid dienone is 1. The second kappa shape index (κ2) is 11.6. The summed E-state index contributed by atoms with van der Waals surface area (Å²) in [5.74, 6) is 0.710. The molecule has 0 aliphatic carbocycles. The van der Waals surface area contributed by atoms with Gasteiger partial charge in [-0.2, -0.15) is 0 Å². The number of ether oxygens (including phenoxy) is 2. The highest BCUT2D eigenvalue weighted by Gasteiger charge is 2.31. The Bertz CT molecular complexity index is 1370. The largest absolute Gasteiger partial charge is 0.573 e. The number of hydrogen-bond acceptors (Lipinski definition) is 3. The third kappa shape index (κ3) is 6.64. The van der Waals surface area contributed by atoms with Crippen LogP contribution in [0.3, 0.4) is 0 Å². The number of benzene rings is 4. The molecule has 194 valence electrons. The zero-order valence-corrected chi connectivity index (χ0v) is 20.8. The van der Waals surface area contributed by atoms with Crippen LogP contribution in [-0.4, -0.2) is 31.0 Å². The lowest BCUT2D eigenvalue weighted by atomic mass is 9.91. The second-order valence-corrected chi connectivity index (χ2v) is 9.22. The summed E-state index contributed by atoms with van der Waals surface area (Å²) in [5.41, 5.74) is 6.30. The zero-order valence-electron chi connectivity index (χ0n) is 20.8. The first-order chi connectivity index (χ1) is 18.4. The first-order valence-corrected chi connectivity index (χ1v) is 12.6. The van der Waals surface area contributed by atoms with Crippen LogP contribution in [0.5, 0.6) is 5.75 Å². The summed E-state index contributed by atoms with van der Waals surface area (Å²) >= 11 is 0. The van der Waals surface area contributed by atoms with E-state index in [-0.39, 0.29) is 5.75 Å². The van der Waals surface area contributed by atoms with Gasteiger partial charge in [-0.15, -0.1) is 13.2 Å². The lowest BCUT2D eigenvalue weighted by molar-refractivity contribution is -0.274.